The topological polar surface area (TPSA) is 44.4 Å². The van der Waals surface area contributed by atoms with Crippen LogP contribution in [0, 0.1) is 29.1 Å². The zero-order chi connectivity index (χ0) is 14.7. The molecule has 22 heavy (non-hydrogen) atoms. The standard InChI is InChI=1S/C18H29N3O/c22-17(20-11-18-5-3-12(7-18)4-6-18)21-10-13-1-2-16(21)15-9-19-8-14(13)15/h12-16,19H,1-11H2,(H,20,22). The third-order valence-corrected chi connectivity index (χ3v) is 7.84. The summed E-state index contributed by atoms with van der Waals surface area (Å²) in [6, 6.07) is 0.743. The molecule has 4 nitrogen and oxygen atoms in total. The molecule has 3 saturated carbocycles. The first-order chi connectivity index (χ1) is 10.7. The first kappa shape index (κ1) is 13.6. The third kappa shape index (κ3) is 1.95. The van der Waals surface area contributed by atoms with Crippen LogP contribution in [0.5, 0.6) is 0 Å². The fourth-order valence-electron chi connectivity index (χ4n) is 6.63. The molecule has 122 valence electrons. The van der Waals surface area contributed by atoms with E-state index in [-0.39, 0.29) is 6.03 Å². The summed E-state index contributed by atoms with van der Waals surface area (Å²) in [6.07, 6.45) is 9.43. The molecule has 0 aromatic heterocycles. The number of urea groups is 1. The van der Waals surface area contributed by atoms with Gasteiger partial charge in [0.05, 0.1) is 0 Å². The van der Waals surface area contributed by atoms with Crippen LogP contribution in [0.1, 0.15) is 44.9 Å². The maximum Gasteiger partial charge on any atom is 0.317 e. The number of nitrogens with one attached hydrogen (secondary N) is 2. The lowest BCUT2D eigenvalue weighted by Crippen LogP contribution is -2.61. The zero-order valence-electron chi connectivity index (χ0n) is 13.5. The molecule has 4 heteroatoms. The second-order valence-corrected chi connectivity index (χ2v) is 8.85. The van der Waals surface area contributed by atoms with Gasteiger partial charge < -0.3 is 15.5 Å². The van der Waals surface area contributed by atoms with Gasteiger partial charge in [0, 0.05) is 25.7 Å². The van der Waals surface area contributed by atoms with Gasteiger partial charge in [0.2, 0.25) is 0 Å². The maximum atomic E-state index is 12.8. The van der Waals surface area contributed by atoms with E-state index in [2.05, 4.69) is 15.5 Å². The van der Waals surface area contributed by atoms with Crippen molar-refractivity contribution >= 4 is 6.03 Å². The molecular weight excluding hydrogens is 274 g/mol. The number of carbonyl (C=O) groups excluding carboxylic acids is 1. The number of hydrogen-bond donors (Lipinski definition) is 2. The van der Waals surface area contributed by atoms with Crippen molar-refractivity contribution in [3.63, 3.8) is 0 Å². The van der Waals surface area contributed by atoms with Gasteiger partial charge in [-0.25, -0.2) is 4.79 Å². The monoisotopic (exact) mass is 303 g/mol. The average Bonchev–Trinajstić information content (AvgIpc) is 3.28. The van der Waals surface area contributed by atoms with E-state index in [4.69, 9.17) is 0 Å². The van der Waals surface area contributed by atoms with Gasteiger partial charge in [0.25, 0.3) is 0 Å². The van der Waals surface area contributed by atoms with Crippen molar-refractivity contribution in [2.24, 2.45) is 29.1 Å². The lowest BCUT2D eigenvalue weighted by Gasteiger charge is -2.52. The van der Waals surface area contributed by atoms with Crippen LogP contribution in [0.4, 0.5) is 4.79 Å². The Balaban J connectivity index is 1.24. The van der Waals surface area contributed by atoms with Gasteiger partial charge in [0.15, 0.2) is 0 Å². The van der Waals surface area contributed by atoms with Crippen LogP contribution in [0.25, 0.3) is 0 Å². The highest BCUT2D eigenvalue weighted by Gasteiger charge is 2.51. The van der Waals surface area contributed by atoms with Crippen LogP contribution < -0.4 is 10.6 Å². The number of nitrogens with zero attached hydrogens (tertiary/aromatic N) is 1. The van der Waals surface area contributed by atoms with E-state index in [0.717, 1.165) is 43.3 Å². The van der Waals surface area contributed by atoms with Crippen molar-refractivity contribution in [1.82, 2.24) is 15.5 Å². The highest BCUT2D eigenvalue weighted by molar-refractivity contribution is 5.75. The van der Waals surface area contributed by atoms with E-state index in [0.29, 0.717) is 11.5 Å². The number of amides is 2. The van der Waals surface area contributed by atoms with E-state index < -0.39 is 0 Å². The molecule has 3 heterocycles. The minimum atomic E-state index is 0.241. The second kappa shape index (κ2) is 4.86. The lowest BCUT2D eigenvalue weighted by atomic mass is 9.67. The molecule has 0 aromatic carbocycles. The summed E-state index contributed by atoms with van der Waals surface area (Å²) in [7, 11) is 0. The Morgan fingerprint density at radius 3 is 2.73 bits per heavy atom. The molecule has 3 aliphatic heterocycles. The van der Waals surface area contributed by atoms with Crippen molar-refractivity contribution in [2.75, 3.05) is 26.2 Å². The largest absolute Gasteiger partial charge is 0.337 e. The molecule has 2 N–H and O–H groups in total. The highest BCUT2D eigenvalue weighted by atomic mass is 16.2. The molecule has 0 aromatic rings. The molecule has 2 amide bonds. The Morgan fingerprint density at radius 1 is 1.14 bits per heavy atom. The van der Waals surface area contributed by atoms with Crippen LogP contribution in [0.3, 0.4) is 0 Å². The Bertz CT molecular complexity index is 471. The van der Waals surface area contributed by atoms with Crippen molar-refractivity contribution in [2.45, 2.75) is 51.0 Å². The Kier molecular flexibility index (Phi) is 3.02. The predicted molar refractivity (Wildman–Crippen MR) is 85.5 cm³/mol. The van der Waals surface area contributed by atoms with Gasteiger partial charge in [-0.3, -0.25) is 0 Å². The number of fused-ring (bicyclic) bond motifs is 4. The smallest absolute Gasteiger partial charge is 0.317 e. The SMILES string of the molecule is O=C(NCC12CCC(CC1)C2)N1CC2CCC1C1CNCC21. The maximum absolute atomic E-state index is 12.8. The number of piperidine rings is 2. The van der Waals surface area contributed by atoms with E-state index in [1.54, 1.807) is 0 Å². The molecule has 0 radical (unpaired) electrons. The first-order valence-corrected chi connectivity index (χ1v) is 9.49. The predicted octanol–water partition coefficient (Wildman–Crippen LogP) is 2.21. The summed E-state index contributed by atoms with van der Waals surface area (Å²) < 4.78 is 0. The van der Waals surface area contributed by atoms with Gasteiger partial charge in [-0.2, -0.15) is 0 Å². The fraction of sp³-hybridized carbons (Fsp3) is 0.944. The highest BCUT2D eigenvalue weighted by Crippen LogP contribution is 2.53. The third-order valence-electron chi connectivity index (χ3n) is 7.84. The molecular formula is C18H29N3O. The molecule has 4 bridgehead atoms. The van der Waals surface area contributed by atoms with Gasteiger partial charge in [-0.15, -0.1) is 0 Å². The lowest BCUT2D eigenvalue weighted by molar-refractivity contribution is -0.000227. The summed E-state index contributed by atoms with van der Waals surface area (Å²) in [5, 5.41) is 6.91. The van der Waals surface area contributed by atoms with Crippen LogP contribution in [-0.4, -0.2) is 43.2 Å². The molecule has 3 saturated heterocycles. The zero-order valence-corrected chi connectivity index (χ0v) is 13.5. The summed E-state index contributed by atoms with van der Waals surface area (Å²) >= 11 is 0. The van der Waals surface area contributed by atoms with Crippen molar-refractivity contribution in [3.8, 4) is 0 Å². The van der Waals surface area contributed by atoms with E-state index in [9.17, 15) is 4.79 Å². The van der Waals surface area contributed by atoms with Crippen molar-refractivity contribution in [3.05, 3.63) is 0 Å². The second-order valence-electron chi connectivity index (χ2n) is 8.85. The van der Waals surface area contributed by atoms with Crippen LogP contribution in [0.15, 0.2) is 0 Å². The average molecular weight is 303 g/mol. The molecule has 6 fully saturated rings. The first-order valence-electron chi connectivity index (χ1n) is 9.49. The van der Waals surface area contributed by atoms with E-state index >= 15 is 0 Å². The van der Waals surface area contributed by atoms with Crippen LogP contribution in [-0.2, 0) is 0 Å². The fourth-order valence-corrected chi connectivity index (χ4v) is 6.63. The molecule has 4 unspecified atom stereocenters. The summed E-state index contributed by atoms with van der Waals surface area (Å²) in [5.41, 5.74) is 0.465. The van der Waals surface area contributed by atoms with E-state index in [1.807, 2.05) is 0 Å². The quantitative estimate of drug-likeness (QED) is 0.821. The molecule has 0 spiro atoms. The van der Waals surface area contributed by atoms with Gasteiger partial charge in [-0.05, 0) is 80.6 Å². The van der Waals surface area contributed by atoms with Crippen LogP contribution >= 0.6 is 0 Å². The van der Waals surface area contributed by atoms with E-state index in [1.165, 1.54) is 51.5 Å². The molecule has 6 rings (SSSR count). The van der Waals surface area contributed by atoms with Crippen LogP contribution in [0.2, 0.25) is 0 Å². The molecule has 3 aliphatic carbocycles. The van der Waals surface area contributed by atoms with Gasteiger partial charge in [-0.1, -0.05) is 0 Å². The minimum absolute atomic E-state index is 0.241. The minimum Gasteiger partial charge on any atom is -0.337 e. The number of hydrogen-bond acceptors (Lipinski definition) is 2. The molecule has 6 aliphatic rings. The van der Waals surface area contributed by atoms with Gasteiger partial charge >= 0.3 is 6.03 Å². The molecule has 4 atom stereocenters. The summed E-state index contributed by atoms with van der Waals surface area (Å²) in [6.45, 7) is 4.25. The van der Waals surface area contributed by atoms with Crippen molar-refractivity contribution < 1.29 is 4.79 Å². The van der Waals surface area contributed by atoms with Crippen molar-refractivity contribution in [1.29, 1.82) is 0 Å². The summed E-state index contributed by atoms with van der Waals surface area (Å²) in [5.74, 6) is 3.27. The Hall–Kier alpha value is -0.770. The Morgan fingerprint density at radius 2 is 1.95 bits per heavy atom. The van der Waals surface area contributed by atoms with Gasteiger partial charge in [0.1, 0.15) is 0 Å². The summed E-state index contributed by atoms with van der Waals surface area (Å²) in [4.78, 5) is 15.0. The normalized spacial score (nSPS) is 48.7. The number of carbonyl (C=O) groups is 1. The number of rotatable bonds is 2. The Labute approximate surface area is 133 Å².